The van der Waals surface area contributed by atoms with E-state index in [0.717, 1.165) is 135 Å². The third-order valence-electron chi connectivity index (χ3n) is 18.1. The second-order valence-electron chi connectivity index (χ2n) is 28.1. The summed E-state index contributed by atoms with van der Waals surface area (Å²) in [5.74, 6) is -2.15. The molecule has 588 valence electrons. The van der Waals surface area contributed by atoms with Gasteiger partial charge in [-0.25, -0.2) is 9.13 Å². The van der Waals surface area contributed by atoms with Gasteiger partial charge in [-0.15, -0.1) is 0 Å². The highest BCUT2D eigenvalue weighted by Gasteiger charge is 2.30. The number of rotatable bonds is 79. The fraction of sp³-hybridized carbons (Fsp3) is 0.877. The van der Waals surface area contributed by atoms with Gasteiger partial charge in [-0.05, 0) is 83.5 Å². The predicted octanol–water partition coefficient (Wildman–Crippen LogP) is 23.9. The van der Waals surface area contributed by atoms with E-state index in [9.17, 15) is 43.2 Å². The molecule has 0 radical (unpaired) electrons. The summed E-state index contributed by atoms with van der Waals surface area (Å²) in [4.78, 5) is 73.0. The van der Waals surface area contributed by atoms with Gasteiger partial charge in [0.2, 0.25) is 0 Å². The van der Waals surface area contributed by atoms with Crippen LogP contribution in [0.4, 0.5) is 0 Å². The highest BCUT2D eigenvalue weighted by molar-refractivity contribution is 7.47. The first-order valence-corrected chi connectivity index (χ1v) is 44.2. The third-order valence-corrected chi connectivity index (χ3v) is 20.0. The quantitative estimate of drug-likeness (QED) is 0.0169. The molecule has 0 saturated heterocycles. The number of unbranched alkanes of at least 4 members (excludes halogenated alkanes) is 47. The zero-order valence-electron chi connectivity index (χ0n) is 64.4. The number of hydrogen-bond donors (Lipinski definition) is 3. The van der Waals surface area contributed by atoms with E-state index in [1.54, 1.807) is 0 Å². The minimum Gasteiger partial charge on any atom is -0.462 e. The molecule has 0 aliphatic rings. The number of hydrogen-bond acceptors (Lipinski definition) is 15. The molecule has 0 fully saturated rings. The van der Waals surface area contributed by atoms with E-state index < -0.39 is 97.5 Å². The molecule has 100 heavy (non-hydrogen) atoms. The van der Waals surface area contributed by atoms with E-state index >= 15 is 0 Å². The summed E-state index contributed by atoms with van der Waals surface area (Å²) < 4.78 is 68.7. The molecule has 0 heterocycles. The van der Waals surface area contributed by atoms with Crippen LogP contribution in [0.5, 0.6) is 0 Å². The van der Waals surface area contributed by atoms with E-state index in [2.05, 4.69) is 64.2 Å². The maximum atomic E-state index is 13.1. The van der Waals surface area contributed by atoms with Gasteiger partial charge in [0, 0.05) is 25.7 Å². The van der Waals surface area contributed by atoms with Crippen molar-refractivity contribution >= 4 is 39.5 Å². The van der Waals surface area contributed by atoms with Crippen molar-refractivity contribution in [1.82, 2.24) is 0 Å². The molecule has 0 bridgehead atoms. The molecule has 3 N–H and O–H groups in total. The molecule has 19 heteroatoms. The molecule has 0 rings (SSSR count). The Morgan fingerprint density at radius 1 is 0.280 bits per heavy atom. The van der Waals surface area contributed by atoms with Crippen LogP contribution in [-0.2, 0) is 65.4 Å². The summed E-state index contributed by atoms with van der Waals surface area (Å²) >= 11 is 0. The topological polar surface area (TPSA) is 237 Å². The van der Waals surface area contributed by atoms with Crippen molar-refractivity contribution in [3.05, 3.63) is 36.5 Å². The summed E-state index contributed by atoms with van der Waals surface area (Å²) in [6, 6.07) is 0. The van der Waals surface area contributed by atoms with Crippen LogP contribution in [0.1, 0.15) is 400 Å². The van der Waals surface area contributed by atoms with Crippen molar-refractivity contribution in [3.63, 3.8) is 0 Å². The van der Waals surface area contributed by atoms with Gasteiger partial charge in [-0.2, -0.15) is 0 Å². The normalized spacial score (nSPS) is 14.0. The molecule has 0 amide bonds. The lowest BCUT2D eigenvalue weighted by atomic mass is 10.0. The van der Waals surface area contributed by atoms with Gasteiger partial charge in [0.1, 0.15) is 19.3 Å². The number of esters is 4. The largest absolute Gasteiger partial charge is 0.472 e. The van der Waals surface area contributed by atoms with Gasteiger partial charge in [-0.1, -0.05) is 327 Å². The Morgan fingerprint density at radius 3 is 0.770 bits per heavy atom. The summed E-state index contributed by atoms with van der Waals surface area (Å²) in [6.45, 7) is 4.93. The second-order valence-corrected chi connectivity index (χ2v) is 31.0. The van der Waals surface area contributed by atoms with Crippen molar-refractivity contribution < 1.29 is 80.2 Å². The first-order chi connectivity index (χ1) is 48.7. The molecule has 0 aliphatic carbocycles. The van der Waals surface area contributed by atoms with Gasteiger partial charge in [0.05, 0.1) is 26.4 Å². The molecular weight excluding hydrogens is 1310 g/mol. The number of carbonyl (C=O) groups excluding carboxylic acids is 4. The van der Waals surface area contributed by atoms with E-state index in [1.165, 1.54) is 186 Å². The highest BCUT2D eigenvalue weighted by atomic mass is 31.2. The van der Waals surface area contributed by atoms with Gasteiger partial charge >= 0.3 is 39.5 Å². The minimum atomic E-state index is -4.97. The number of phosphoric acid groups is 2. The average Bonchev–Trinajstić information content (AvgIpc) is 0.944. The molecule has 17 nitrogen and oxygen atoms in total. The molecular formula is C81H152O17P2. The fourth-order valence-electron chi connectivity index (χ4n) is 11.8. The van der Waals surface area contributed by atoms with Crippen LogP contribution in [0.15, 0.2) is 36.5 Å². The second kappa shape index (κ2) is 74.5. The molecule has 0 saturated carbocycles. The maximum Gasteiger partial charge on any atom is 0.472 e. The van der Waals surface area contributed by atoms with Crippen LogP contribution in [0, 0.1) is 0 Å². The van der Waals surface area contributed by atoms with Crippen LogP contribution in [0.3, 0.4) is 0 Å². The Morgan fingerprint density at radius 2 is 0.490 bits per heavy atom. The Bertz CT molecular complexity index is 2040. The molecule has 2 unspecified atom stereocenters. The van der Waals surface area contributed by atoms with Crippen LogP contribution < -0.4 is 0 Å². The van der Waals surface area contributed by atoms with Crippen molar-refractivity contribution in [2.75, 3.05) is 39.6 Å². The summed E-state index contributed by atoms with van der Waals surface area (Å²) in [5, 5.41) is 10.6. The van der Waals surface area contributed by atoms with Crippen LogP contribution in [0.2, 0.25) is 0 Å². The van der Waals surface area contributed by atoms with Crippen LogP contribution in [0.25, 0.3) is 0 Å². The number of aliphatic hydroxyl groups is 1. The van der Waals surface area contributed by atoms with E-state index in [1.807, 2.05) is 0 Å². The first kappa shape index (κ1) is 97.3. The predicted molar refractivity (Wildman–Crippen MR) is 409 cm³/mol. The smallest absolute Gasteiger partial charge is 0.462 e. The monoisotopic (exact) mass is 1460 g/mol. The van der Waals surface area contributed by atoms with Gasteiger partial charge in [0.15, 0.2) is 12.2 Å². The molecule has 0 spiro atoms. The van der Waals surface area contributed by atoms with Gasteiger partial charge in [-0.3, -0.25) is 37.3 Å². The van der Waals surface area contributed by atoms with Crippen molar-refractivity contribution in [3.8, 4) is 0 Å². The Labute approximate surface area is 611 Å². The Hall–Kier alpha value is -2.72. The standard InChI is InChI=1S/C81H152O17P2/c1-5-9-13-17-21-25-29-33-36-37-40-44-48-52-56-60-64-68-81(86)98-77(72-92-79(84)66-62-58-54-50-46-43-39-35-31-27-23-19-15-11-7-3)74-96-100(89,90)94-70-75(82)69-93-99(87,88)95-73-76(97-80(85)67-63-59-55-51-47-41-32-28-24-20-16-12-8-4)71-91-78(83)65-61-57-53-49-45-42-38-34-30-26-22-18-14-10-6-2/h23,27,34-35,38-39,75-77,82H,5-22,24-26,28-33,36-37,40-74H2,1-4H3,(H,87,88)(H,89,90)/b27-23-,38-34-,39-35-/t75-,76-,77-/m1/s1. The molecule has 5 atom stereocenters. The van der Waals surface area contributed by atoms with E-state index in [4.69, 9.17) is 37.0 Å². The van der Waals surface area contributed by atoms with Gasteiger partial charge < -0.3 is 33.8 Å². The number of ether oxygens (including phenoxy) is 4. The maximum absolute atomic E-state index is 13.1. The number of aliphatic hydroxyl groups excluding tert-OH is 1. The minimum absolute atomic E-state index is 0.101. The molecule has 0 aromatic heterocycles. The third kappa shape index (κ3) is 73.6. The van der Waals surface area contributed by atoms with Crippen molar-refractivity contribution in [2.45, 2.75) is 418 Å². The number of phosphoric ester groups is 2. The Balaban J connectivity index is 5.31. The van der Waals surface area contributed by atoms with E-state index in [0.29, 0.717) is 25.7 Å². The summed E-state index contributed by atoms with van der Waals surface area (Å²) in [6.07, 6.45) is 71.1. The average molecular weight is 1460 g/mol. The molecule has 0 aliphatic heterocycles. The zero-order chi connectivity index (χ0) is 73.2. The summed E-state index contributed by atoms with van der Waals surface area (Å²) in [5.41, 5.74) is 0. The lowest BCUT2D eigenvalue weighted by molar-refractivity contribution is -0.161. The fourth-order valence-corrected chi connectivity index (χ4v) is 13.4. The summed E-state index contributed by atoms with van der Waals surface area (Å²) in [7, 11) is -9.94. The van der Waals surface area contributed by atoms with Crippen molar-refractivity contribution in [1.29, 1.82) is 0 Å². The van der Waals surface area contributed by atoms with Crippen molar-refractivity contribution in [2.24, 2.45) is 0 Å². The molecule has 0 aromatic carbocycles. The van der Waals surface area contributed by atoms with E-state index in [-0.39, 0.29) is 25.7 Å². The lowest BCUT2D eigenvalue weighted by Gasteiger charge is -2.21. The Kier molecular flexibility index (Phi) is 72.5. The lowest BCUT2D eigenvalue weighted by Crippen LogP contribution is -2.30. The first-order valence-electron chi connectivity index (χ1n) is 41.2. The highest BCUT2D eigenvalue weighted by Crippen LogP contribution is 2.45. The zero-order valence-corrected chi connectivity index (χ0v) is 66.2. The van der Waals surface area contributed by atoms with Crippen LogP contribution in [-0.4, -0.2) is 96.7 Å². The molecule has 0 aromatic rings. The van der Waals surface area contributed by atoms with Crippen LogP contribution >= 0.6 is 15.6 Å². The number of allylic oxidation sites excluding steroid dienone is 6. The number of carbonyl (C=O) groups is 4. The van der Waals surface area contributed by atoms with Gasteiger partial charge in [0.25, 0.3) is 0 Å². The SMILES string of the molecule is CCCCC/C=C\C/C=C\CCCCCCCC(=O)OC[C@H](COP(=O)(O)OC[C@H](O)COP(=O)(O)OC[C@@H](COC(=O)CCCCCCC/C=C\CCCCCCCC)OC(=O)CCCCCCCCCCCCCCC)OC(=O)CCCCCCCCCCCCCCCCCCC.